The fraction of sp³-hybridized carbons (Fsp3) is 0.684. The van der Waals surface area contributed by atoms with E-state index in [1.165, 1.54) is 31.2 Å². The lowest BCUT2D eigenvalue weighted by Crippen LogP contribution is -2.50. The predicted octanol–water partition coefficient (Wildman–Crippen LogP) is 2.58. The summed E-state index contributed by atoms with van der Waals surface area (Å²) in [5.74, 6) is -0.268. The largest absolute Gasteiger partial charge is 0.462 e. The second-order valence-corrected chi connectivity index (χ2v) is 7.49. The normalized spacial score (nSPS) is 23.5. The molecule has 3 heterocycles. The molecule has 0 radical (unpaired) electrons. The van der Waals surface area contributed by atoms with Crippen molar-refractivity contribution in [3.63, 3.8) is 0 Å². The number of carbonyl (C=O) groups is 1. The molecule has 5 nitrogen and oxygen atoms in total. The molecule has 1 aliphatic carbocycles. The van der Waals surface area contributed by atoms with Crippen LogP contribution < -0.4 is 0 Å². The molecule has 1 aromatic rings. The minimum atomic E-state index is -0.268. The maximum atomic E-state index is 11.9. The average molecular weight is 330 g/mol. The lowest BCUT2D eigenvalue weighted by atomic mass is 9.71. The Morgan fingerprint density at radius 1 is 1.42 bits per heavy atom. The van der Waals surface area contributed by atoms with Crippen molar-refractivity contribution in [2.75, 3.05) is 26.4 Å². The molecule has 3 aliphatic rings. The van der Waals surface area contributed by atoms with E-state index in [0.717, 1.165) is 38.4 Å². The van der Waals surface area contributed by atoms with Crippen molar-refractivity contribution < 1.29 is 14.3 Å². The molecule has 0 bridgehead atoms. The van der Waals surface area contributed by atoms with Gasteiger partial charge in [-0.25, -0.2) is 4.79 Å². The van der Waals surface area contributed by atoms with Gasteiger partial charge in [0.25, 0.3) is 0 Å². The number of aromatic nitrogens is 1. The van der Waals surface area contributed by atoms with Crippen molar-refractivity contribution in [1.29, 1.82) is 0 Å². The third-order valence-electron chi connectivity index (χ3n) is 5.94. The quantitative estimate of drug-likeness (QED) is 0.797. The third kappa shape index (κ3) is 2.95. The smallest absolute Gasteiger partial charge is 0.339 e. The van der Waals surface area contributed by atoms with E-state index in [2.05, 4.69) is 9.88 Å². The van der Waals surface area contributed by atoms with E-state index in [4.69, 9.17) is 9.47 Å². The van der Waals surface area contributed by atoms with Gasteiger partial charge in [-0.15, -0.1) is 0 Å². The van der Waals surface area contributed by atoms with Crippen LogP contribution in [0.3, 0.4) is 0 Å². The predicted molar refractivity (Wildman–Crippen MR) is 89.8 cm³/mol. The molecule has 0 N–H and O–H groups in total. The molecular formula is C19H26N2O3. The summed E-state index contributed by atoms with van der Waals surface area (Å²) in [6, 6.07) is 2.65. The Morgan fingerprint density at radius 2 is 2.21 bits per heavy atom. The number of hydrogen-bond donors (Lipinski definition) is 0. The molecule has 1 spiro atoms. The van der Waals surface area contributed by atoms with Crippen LogP contribution in [0.4, 0.5) is 0 Å². The molecule has 2 aliphatic heterocycles. The van der Waals surface area contributed by atoms with Gasteiger partial charge in [0.05, 0.1) is 31.1 Å². The van der Waals surface area contributed by atoms with Gasteiger partial charge in [0.15, 0.2) is 0 Å². The van der Waals surface area contributed by atoms with Gasteiger partial charge in [0, 0.05) is 30.7 Å². The van der Waals surface area contributed by atoms with Crippen molar-refractivity contribution in [1.82, 2.24) is 9.88 Å². The van der Waals surface area contributed by atoms with Crippen LogP contribution in [0, 0.1) is 5.41 Å². The van der Waals surface area contributed by atoms with Gasteiger partial charge in [-0.05, 0) is 50.7 Å². The highest BCUT2D eigenvalue weighted by Gasteiger charge is 2.42. The molecule has 1 saturated carbocycles. The van der Waals surface area contributed by atoms with Crippen LogP contribution in [0.2, 0.25) is 0 Å². The number of rotatable bonds is 3. The summed E-state index contributed by atoms with van der Waals surface area (Å²) in [7, 11) is 0. The fourth-order valence-corrected chi connectivity index (χ4v) is 4.33. The standard InChI is InChI=1S/C19H26N2O3/c1-2-24-18(22)15-9-14-5-8-21(11-17(14)20-10-15)16-3-6-19(7-4-16)12-23-13-19/h9-10,16H,2-8,11-13H2,1H3. The fourth-order valence-electron chi connectivity index (χ4n) is 4.33. The number of ether oxygens (including phenoxy) is 2. The van der Waals surface area contributed by atoms with E-state index in [-0.39, 0.29) is 5.97 Å². The Hall–Kier alpha value is -1.46. The van der Waals surface area contributed by atoms with Crippen LogP contribution in [0.25, 0.3) is 0 Å². The van der Waals surface area contributed by atoms with Crippen LogP contribution in [-0.2, 0) is 22.4 Å². The van der Waals surface area contributed by atoms with Crippen molar-refractivity contribution in [3.8, 4) is 0 Å². The zero-order valence-corrected chi connectivity index (χ0v) is 14.4. The molecular weight excluding hydrogens is 304 g/mol. The molecule has 0 unspecified atom stereocenters. The zero-order chi connectivity index (χ0) is 16.6. The summed E-state index contributed by atoms with van der Waals surface area (Å²) in [4.78, 5) is 19.0. The van der Waals surface area contributed by atoms with Gasteiger partial charge in [-0.3, -0.25) is 9.88 Å². The highest BCUT2D eigenvalue weighted by atomic mass is 16.5. The first-order valence-electron chi connectivity index (χ1n) is 9.16. The first-order chi connectivity index (χ1) is 11.7. The van der Waals surface area contributed by atoms with Crippen LogP contribution in [0.1, 0.15) is 54.2 Å². The Labute approximate surface area is 143 Å². The third-order valence-corrected chi connectivity index (χ3v) is 5.94. The average Bonchev–Trinajstić information content (AvgIpc) is 2.60. The van der Waals surface area contributed by atoms with Gasteiger partial charge >= 0.3 is 5.97 Å². The summed E-state index contributed by atoms with van der Waals surface area (Å²) in [5, 5.41) is 0. The first kappa shape index (κ1) is 16.0. The Bertz CT molecular complexity index is 617. The lowest BCUT2D eigenvalue weighted by Gasteiger charge is -2.48. The summed E-state index contributed by atoms with van der Waals surface area (Å²) in [5.41, 5.74) is 3.42. The maximum absolute atomic E-state index is 11.9. The molecule has 5 heteroatoms. The van der Waals surface area contributed by atoms with Crippen LogP contribution in [0.5, 0.6) is 0 Å². The molecule has 0 aromatic carbocycles. The molecule has 0 amide bonds. The van der Waals surface area contributed by atoms with Crippen LogP contribution in [-0.4, -0.2) is 48.3 Å². The van der Waals surface area contributed by atoms with E-state index in [1.54, 1.807) is 6.20 Å². The van der Waals surface area contributed by atoms with E-state index < -0.39 is 0 Å². The molecule has 4 rings (SSSR count). The lowest BCUT2D eigenvalue weighted by molar-refractivity contribution is -0.138. The van der Waals surface area contributed by atoms with E-state index in [1.807, 2.05) is 13.0 Å². The zero-order valence-electron chi connectivity index (χ0n) is 14.4. The Morgan fingerprint density at radius 3 is 2.88 bits per heavy atom. The van der Waals surface area contributed by atoms with Gasteiger partial charge in [0.1, 0.15) is 0 Å². The molecule has 2 fully saturated rings. The Kier molecular flexibility index (Phi) is 4.31. The molecule has 0 atom stereocenters. The molecule has 1 aromatic heterocycles. The van der Waals surface area contributed by atoms with Gasteiger partial charge in [0.2, 0.25) is 0 Å². The summed E-state index contributed by atoms with van der Waals surface area (Å²) in [6.45, 7) is 6.15. The number of carbonyl (C=O) groups excluding carboxylic acids is 1. The minimum absolute atomic E-state index is 0.268. The van der Waals surface area contributed by atoms with Crippen LogP contribution in [0.15, 0.2) is 12.3 Å². The van der Waals surface area contributed by atoms with Crippen molar-refractivity contribution in [2.45, 2.75) is 51.6 Å². The van der Waals surface area contributed by atoms with Crippen molar-refractivity contribution in [3.05, 3.63) is 29.1 Å². The highest BCUT2D eigenvalue weighted by molar-refractivity contribution is 5.89. The van der Waals surface area contributed by atoms with Crippen molar-refractivity contribution in [2.24, 2.45) is 5.41 Å². The van der Waals surface area contributed by atoms with Gasteiger partial charge < -0.3 is 9.47 Å². The second-order valence-electron chi connectivity index (χ2n) is 7.49. The van der Waals surface area contributed by atoms with Gasteiger partial charge in [-0.2, -0.15) is 0 Å². The molecule has 24 heavy (non-hydrogen) atoms. The topological polar surface area (TPSA) is 51.7 Å². The number of nitrogens with zero attached hydrogens (tertiary/aromatic N) is 2. The number of pyridine rings is 1. The minimum Gasteiger partial charge on any atom is -0.462 e. The second kappa shape index (κ2) is 6.45. The van der Waals surface area contributed by atoms with E-state index in [9.17, 15) is 4.79 Å². The summed E-state index contributed by atoms with van der Waals surface area (Å²) in [6.07, 6.45) is 7.80. The molecule has 130 valence electrons. The van der Waals surface area contributed by atoms with E-state index >= 15 is 0 Å². The number of fused-ring (bicyclic) bond motifs is 1. The highest BCUT2D eigenvalue weighted by Crippen LogP contribution is 2.43. The SMILES string of the molecule is CCOC(=O)c1cnc2c(c1)CCN(C1CCC3(CC1)COC3)C2. The van der Waals surface area contributed by atoms with Gasteiger partial charge in [-0.1, -0.05) is 0 Å². The van der Waals surface area contributed by atoms with E-state index in [0.29, 0.717) is 23.6 Å². The summed E-state index contributed by atoms with van der Waals surface area (Å²) >= 11 is 0. The number of hydrogen-bond acceptors (Lipinski definition) is 5. The summed E-state index contributed by atoms with van der Waals surface area (Å²) < 4.78 is 10.5. The monoisotopic (exact) mass is 330 g/mol. The maximum Gasteiger partial charge on any atom is 0.339 e. The van der Waals surface area contributed by atoms with Crippen LogP contribution >= 0.6 is 0 Å². The molecule has 1 saturated heterocycles. The van der Waals surface area contributed by atoms with Crippen molar-refractivity contribution >= 4 is 5.97 Å². The Balaban J connectivity index is 1.40. The number of esters is 1. The first-order valence-corrected chi connectivity index (χ1v) is 9.16.